The molecule has 2 unspecified atom stereocenters. The highest BCUT2D eigenvalue weighted by Gasteiger charge is 2.75. The Balaban J connectivity index is 1.24. The summed E-state index contributed by atoms with van der Waals surface area (Å²) in [7, 11) is 0. The van der Waals surface area contributed by atoms with Crippen molar-refractivity contribution in [3.8, 4) is 0 Å². The van der Waals surface area contributed by atoms with Crippen LogP contribution in [-0.4, -0.2) is 109 Å². The zero-order valence-electron chi connectivity index (χ0n) is 28.8. The van der Waals surface area contributed by atoms with E-state index in [1.54, 1.807) is 0 Å². The van der Waals surface area contributed by atoms with Crippen LogP contribution in [0.2, 0.25) is 0 Å². The lowest BCUT2D eigenvalue weighted by atomic mass is 9.38. The maximum Gasteiger partial charge on any atom is 0.186 e. The minimum absolute atomic E-state index is 0.0108. The van der Waals surface area contributed by atoms with E-state index in [9.17, 15) is 35.7 Å². The standard InChI is InChI=1S/C36H60O10/c1-19(16-21(38)29(42)32(4,5)43)20-10-12-34(7)23-11-13-36-24(35(23,18-44-36)15-14-33(20,34)6)8-9-25(31(36,2)3)46-30-28(41)27(40)26(39)22(17-37)45-30/h11,13,19-30,37-43H,8-10,12,14-18H2,1-7H3/t19-,20-,21-,22-,23?,24?,25+,26-,27+,28-,29+,30+,33-,34+,35+,36-/m1/s1. The predicted octanol–water partition coefficient (Wildman–Crippen LogP) is 2.28. The van der Waals surface area contributed by atoms with Gasteiger partial charge in [0.05, 0.1) is 36.6 Å². The molecule has 1 spiro atoms. The second kappa shape index (κ2) is 11.4. The second-order valence-electron chi connectivity index (χ2n) is 17.7. The van der Waals surface area contributed by atoms with Crippen molar-refractivity contribution < 1.29 is 50.0 Å². The van der Waals surface area contributed by atoms with Crippen molar-refractivity contribution in [1.82, 2.24) is 0 Å². The fourth-order valence-electron chi connectivity index (χ4n) is 11.9. The SMILES string of the molecule is C[C@H](C[C@@H](O)[C@H](O)C(C)(C)O)[C@H]1CC[C@@]2(C)C3C=C[C@@]45OC[C@]3(CC[C@]12C)C4CC[C@H](O[C@@H]1O[C@H](CO)[C@@H](O)[C@H](O)[C@H]1O)C5(C)C. The summed E-state index contributed by atoms with van der Waals surface area (Å²) in [5.74, 6) is 1.21. The maximum atomic E-state index is 10.9. The molecule has 2 heterocycles. The first kappa shape index (κ1) is 35.2. The Morgan fingerprint density at radius 2 is 1.63 bits per heavy atom. The Labute approximate surface area is 274 Å². The van der Waals surface area contributed by atoms with Crippen LogP contribution in [0.1, 0.15) is 93.4 Å². The quantitative estimate of drug-likeness (QED) is 0.193. The lowest BCUT2D eigenvalue weighted by molar-refractivity contribution is -0.329. The number of rotatable bonds is 8. The highest BCUT2D eigenvalue weighted by Crippen LogP contribution is 2.77. The van der Waals surface area contributed by atoms with E-state index >= 15 is 0 Å². The molecule has 0 radical (unpaired) electrons. The fourth-order valence-corrected chi connectivity index (χ4v) is 11.9. The molecule has 3 saturated carbocycles. The predicted molar refractivity (Wildman–Crippen MR) is 169 cm³/mol. The summed E-state index contributed by atoms with van der Waals surface area (Å²) < 4.78 is 19.2. The first-order valence-electron chi connectivity index (χ1n) is 17.7. The third kappa shape index (κ3) is 4.72. The summed E-state index contributed by atoms with van der Waals surface area (Å²) in [6.07, 6.45) is 1.99. The van der Waals surface area contributed by atoms with Gasteiger partial charge in [-0.15, -0.1) is 0 Å². The molecule has 5 fully saturated rings. The Bertz CT molecular complexity index is 1170. The molecule has 10 nitrogen and oxygen atoms in total. The molecule has 2 bridgehead atoms. The molecule has 0 aromatic carbocycles. The van der Waals surface area contributed by atoms with Crippen molar-refractivity contribution in [2.75, 3.05) is 13.2 Å². The lowest BCUT2D eigenvalue weighted by Crippen LogP contribution is -2.66. The molecule has 7 N–H and O–H groups in total. The van der Waals surface area contributed by atoms with Crippen LogP contribution in [0.15, 0.2) is 12.2 Å². The molecule has 4 aliphatic carbocycles. The number of fused-ring (bicyclic) bond motifs is 2. The lowest BCUT2D eigenvalue weighted by Gasteiger charge is -2.65. The van der Waals surface area contributed by atoms with E-state index in [1.165, 1.54) is 13.8 Å². The Morgan fingerprint density at radius 1 is 0.935 bits per heavy atom. The van der Waals surface area contributed by atoms with Gasteiger partial charge in [-0.05, 0) is 87.4 Å². The zero-order chi connectivity index (χ0) is 33.8. The number of hydrogen-bond donors (Lipinski definition) is 7. The normalized spacial score (nSPS) is 51.6. The summed E-state index contributed by atoms with van der Waals surface area (Å²) >= 11 is 0. The molecule has 264 valence electrons. The minimum Gasteiger partial charge on any atom is -0.394 e. The Hall–Kier alpha value is -0.660. The van der Waals surface area contributed by atoms with E-state index in [0.717, 1.165) is 38.5 Å². The smallest absolute Gasteiger partial charge is 0.186 e. The van der Waals surface area contributed by atoms with Gasteiger partial charge in [-0.25, -0.2) is 0 Å². The van der Waals surface area contributed by atoms with E-state index in [4.69, 9.17) is 14.2 Å². The summed E-state index contributed by atoms with van der Waals surface area (Å²) in [6, 6.07) is 0. The highest BCUT2D eigenvalue weighted by molar-refractivity contribution is 5.33. The first-order chi connectivity index (χ1) is 21.3. The Morgan fingerprint density at radius 3 is 2.28 bits per heavy atom. The molecular formula is C36H60O10. The summed E-state index contributed by atoms with van der Waals surface area (Å²) in [4.78, 5) is 0. The fraction of sp³-hybridized carbons (Fsp3) is 0.944. The molecule has 6 rings (SSSR count). The zero-order valence-corrected chi connectivity index (χ0v) is 28.8. The highest BCUT2D eigenvalue weighted by atomic mass is 16.7. The molecule has 0 aromatic rings. The van der Waals surface area contributed by atoms with Crippen molar-refractivity contribution in [2.24, 2.45) is 45.3 Å². The van der Waals surface area contributed by atoms with Crippen LogP contribution < -0.4 is 0 Å². The summed E-state index contributed by atoms with van der Waals surface area (Å²) in [6.45, 7) is 14.7. The number of aliphatic hydroxyl groups excluding tert-OH is 6. The second-order valence-corrected chi connectivity index (χ2v) is 17.7. The average molecular weight is 653 g/mol. The Kier molecular flexibility index (Phi) is 8.74. The van der Waals surface area contributed by atoms with E-state index in [2.05, 4.69) is 46.8 Å². The van der Waals surface area contributed by atoms with E-state index in [0.29, 0.717) is 30.8 Å². The van der Waals surface area contributed by atoms with Crippen molar-refractivity contribution in [3.63, 3.8) is 0 Å². The molecular weight excluding hydrogens is 592 g/mol. The van der Waals surface area contributed by atoms with Gasteiger partial charge >= 0.3 is 0 Å². The molecule has 2 saturated heterocycles. The van der Waals surface area contributed by atoms with Crippen LogP contribution >= 0.6 is 0 Å². The van der Waals surface area contributed by atoms with E-state index < -0.39 is 66.1 Å². The van der Waals surface area contributed by atoms with Crippen LogP contribution in [0.5, 0.6) is 0 Å². The van der Waals surface area contributed by atoms with E-state index in [1.807, 2.05) is 0 Å². The van der Waals surface area contributed by atoms with Crippen LogP contribution in [0, 0.1) is 45.3 Å². The van der Waals surface area contributed by atoms with Gasteiger partial charge < -0.3 is 50.0 Å². The van der Waals surface area contributed by atoms with Gasteiger partial charge in [-0.2, -0.15) is 0 Å². The monoisotopic (exact) mass is 652 g/mol. The van der Waals surface area contributed by atoms with Crippen molar-refractivity contribution in [1.29, 1.82) is 0 Å². The molecule has 2 aliphatic heterocycles. The van der Waals surface area contributed by atoms with Gasteiger partial charge in [-0.3, -0.25) is 0 Å². The van der Waals surface area contributed by atoms with Gasteiger partial charge in [0.25, 0.3) is 0 Å². The van der Waals surface area contributed by atoms with Crippen LogP contribution in [0.25, 0.3) is 0 Å². The largest absolute Gasteiger partial charge is 0.394 e. The van der Waals surface area contributed by atoms with Crippen molar-refractivity contribution in [2.45, 2.75) is 154 Å². The number of aliphatic hydroxyl groups is 7. The molecule has 10 heteroatoms. The molecule has 0 aromatic heterocycles. The van der Waals surface area contributed by atoms with Gasteiger partial charge in [0.1, 0.15) is 30.5 Å². The maximum absolute atomic E-state index is 10.9. The first-order valence-corrected chi connectivity index (χ1v) is 17.7. The summed E-state index contributed by atoms with van der Waals surface area (Å²) in [5, 5.41) is 72.8. The molecule has 46 heavy (non-hydrogen) atoms. The minimum atomic E-state index is -1.49. The third-order valence-electron chi connectivity index (χ3n) is 14.9. The third-order valence-corrected chi connectivity index (χ3v) is 14.9. The average Bonchev–Trinajstić information content (AvgIpc) is 3.38. The summed E-state index contributed by atoms with van der Waals surface area (Å²) in [5.41, 5.74) is -2.34. The van der Waals surface area contributed by atoms with Crippen LogP contribution in [0.3, 0.4) is 0 Å². The van der Waals surface area contributed by atoms with Gasteiger partial charge in [0.2, 0.25) is 0 Å². The van der Waals surface area contributed by atoms with E-state index in [-0.39, 0.29) is 28.3 Å². The van der Waals surface area contributed by atoms with Crippen LogP contribution in [0.4, 0.5) is 0 Å². The topological polar surface area (TPSA) is 169 Å². The van der Waals surface area contributed by atoms with Crippen LogP contribution in [-0.2, 0) is 14.2 Å². The number of hydrogen-bond acceptors (Lipinski definition) is 10. The molecule has 16 atom stereocenters. The van der Waals surface area contributed by atoms with Gasteiger partial charge in [0.15, 0.2) is 6.29 Å². The molecule has 6 aliphatic rings. The number of ether oxygens (including phenoxy) is 3. The van der Waals surface area contributed by atoms with Gasteiger partial charge in [-0.1, -0.05) is 46.8 Å². The van der Waals surface area contributed by atoms with Crippen molar-refractivity contribution in [3.05, 3.63) is 12.2 Å². The number of allylic oxidation sites excluding steroid dienone is 1. The van der Waals surface area contributed by atoms with Crippen molar-refractivity contribution >= 4 is 0 Å². The van der Waals surface area contributed by atoms with Gasteiger partial charge in [0, 0.05) is 16.7 Å². The molecule has 0 amide bonds.